The largest absolute Gasteiger partial charge is 0.505 e. The molecule has 0 bridgehead atoms. The number of aromatic nitrogens is 1. The minimum Gasteiger partial charge on any atom is -0.505 e. The second kappa shape index (κ2) is 2.51. The number of para-hydroxylation sites is 1. The van der Waals surface area contributed by atoms with Crippen LogP contribution in [0.4, 0.5) is 0 Å². The lowest BCUT2D eigenvalue weighted by Gasteiger charge is -1.93. The highest BCUT2D eigenvalue weighted by Crippen LogP contribution is 2.31. The lowest BCUT2D eigenvalue weighted by Crippen LogP contribution is -1.80. The highest BCUT2D eigenvalue weighted by Gasteiger charge is 2.07. The van der Waals surface area contributed by atoms with Gasteiger partial charge in [0.1, 0.15) is 5.75 Å². The average molecular weight is 183 g/mol. The monoisotopic (exact) mass is 183 g/mol. The fourth-order valence-electron chi connectivity index (χ4n) is 1.87. The summed E-state index contributed by atoms with van der Waals surface area (Å²) >= 11 is 0. The molecule has 2 heterocycles. The highest BCUT2D eigenvalue weighted by atomic mass is 16.3. The molecule has 1 aromatic carbocycles. The topological polar surface area (TPSA) is 24.6 Å². The Balaban J connectivity index is 2.69. The van der Waals surface area contributed by atoms with Gasteiger partial charge in [-0.1, -0.05) is 18.2 Å². The summed E-state index contributed by atoms with van der Waals surface area (Å²) < 4.78 is 1.99. The molecular formula is C12H9NO. The van der Waals surface area contributed by atoms with Gasteiger partial charge in [0.15, 0.2) is 0 Å². The third-order valence-electron chi connectivity index (χ3n) is 2.52. The summed E-state index contributed by atoms with van der Waals surface area (Å²) in [5, 5.41) is 10.8. The number of aromatic hydroxyl groups is 1. The Morgan fingerprint density at radius 3 is 2.50 bits per heavy atom. The zero-order chi connectivity index (χ0) is 9.54. The van der Waals surface area contributed by atoms with Gasteiger partial charge in [-0.25, -0.2) is 0 Å². The molecular weight excluding hydrogens is 174 g/mol. The standard InChI is InChI=1S/C12H9NO/c14-12-9-5-1-2-6-10(9)13-8-4-3-7-11(12)13/h1-8,14H. The SMILES string of the molecule is Oc1c2ccccc2n2ccccc12. The van der Waals surface area contributed by atoms with Crippen LogP contribution in [0.1, 0.15) is 0 Å². The zero-order valence-corrected chi connectivity index (χ0v) is 7.51. The maximum absolute atomic E-state index is 9.93. The van der Waals surface area contributed by atoms with E-state index in [1.165, 1.54) is 0 Å². The second-order valence-corrected chi connectivity index (χ2v) is 3.32. The van der Waals surface area contributed by atoms with Crippen molar-refractivity contribution in [2.24, 2.45) is 0 Å². The van der Waals surface area contributed by atoms with Crippen LogP contribution in [0.25, 0.3) is 16.4 Å². The fraction of sp³-hybridized carbons (Fsp3) is 0. The van der Waals surface area contributed by atoms with Crippen LogP contribution in [-0.4, -0.2) is 9.51 Å². The number of nitrogens with zero attached hydrogens (tertiary/aromatic N) is 1. The molecule has 14 heavy (non-hydrogen) atoms. The number of hydrogen-bond acceptors (Lipinski definition) is 1. The molecule has 0 saturated heterocycles. The van der Waals surface area contributed by atoms with Gasteiger partial charge in [0.25, 0.3) is 0 Å². The Bertz CT molecular complexity index is 557. The van der Waals surface area contributed by atoms with Crippen LogP contribution in [0, 0.1) is 0 Å². The van der Waals surface area contributed by atoms with E-state index < -0.39 is 0 Å². The van der Waals surface area contributed by atoms with E-state index in [1.807, 2.05) is 53.1 Å². The second-order valence-electron chi connectivity index (χ2n) is 3.32. The van der Waals surface area contributed by atoms with Crippen LogP contribution in [0.15, 0.2) is 48.7 Å². The van der Waals surface area contributed by atoms with Gasteiger partial charge in [-0.2, -0.15) is 0 Å². The smallest absolute Gasteiger partial charge is 0.148 e. The van der Waals surface area contributed by atoms with E-state index in [0.717, 1.165) is 16.4 Å². The fourth-order valence-corrected chi connectivity index (χ4v) is 1.87. The molecule has 3 rings (SSSR count). The van der Waals surface area contributed by atoms with Gasteiger partial charge in [-0.15, -0.1) is 0 Å². The van der Waals surface area contributed by atoms with Crippen LogP contribution in [0.5, 0.6) is 5.75 Å². The third kappa shape index (κ3) is 0.799. The lowest BCUT2D eigenvalue weighted by molar-refractivity contribution is 0.487. The summed E-state index contributed by atoms with van der Waals surface area (Å²) in [6.07, 6.45) is 1.96. The molecule has 2 heteroatoms. The van der Waals surface area contributed by atoms with Gasteiger partial charge < -0.3 is 9.51 Å². The van der Waals surface area contributed by atoms with Crippen LogP contribution in [0.2, 0.25) is 0 Å². The summed E-state index contributed by atoms with van der Waals surface area (Å²) in [5.74, 6) is 0.362. The van der Waals surface area contributed by atoms with Gasteiger partial charge >= 0.3 is 0 Å². The molecule has 2 aromatic heterocycles. The maximum Gasteiger partial charge on any atom is 0.148 e. The van der Waals surface area contributed by atoms with Crippen molar-refractivity contribution in [3.05, 3.63) is 48.7 Å². The first-order valence-electron chi connectivity index (χ1n) is 4.55. The molecule has 0 radical (unpaired) electrons. The lowest BCUT2D eigenvalue weighted by atomic mass is 10.2. The molecule has 0 saturated carbocycles. The molecule has 0 amide bonds. The molecule has 1 N–H and O–H groups in total. The van der Waals surface area contributed by atoms with E-state index in [-0.39, 0.29) is 0 Å². The molecule has 3 aromatic rings. The number of pyridine rings is 1. The molecule has 0 aliphatic heterocycles. The first kappa shape index (κ1) is 7.44. The Labute approximate surface area is 81.0 Å². The zero-order valence-electron chi connectivity index (χ0n) is 7.51. The van der Waals surface area contributed by atoms with Crippen molar-refractivity contribution in [1.29, 1.82) is 0 Å². The van der Waals surface area contributed by atoms with Crippen molar-refractivity contribution in [3.63, 3.8) is 0 Å². The van der Waals surface area contributed by atoms with Crippen LogP contribution >= 0.6 is 0 Å². The van der Waals surface area contributed by atoms with Crippen molar-refractivity contribution >= 4 is 16.4 Å². The maximum atomic E-state index is 9.93. The minimum atomic E-state index is 0.362. The number of benzene rings is 1. The summed E-state index contributed by atoms with van der Waals surface area (Å²) in [7, 11) is 0. The summed E-state index contributed by atoms with van der Waals surface area (Å²) in [6, 6.07) is 13.6. The number of rotatable bonds is 0. The predicted molar refractivity (Wildman–Crippen MR) is 56.6 cm³/mol. The normalized spacial score (nSPS) is 11.1. The quantitative estimate of drug-likeness (QED) is 0.569. The van der Waals surface area contributed by atoms with Crippen LogP contribution in [0.3, 0.4) is 0 Å². The first-order valence-corrected chi connectivity index (χ1v) is 4.55. The average Bonchev–Trinajstić information content (AvgIpc) is 2.55. The highest BCUT2D eigenvalue weighted by molar-refractivity contribution is 5.95. The Morgan fingerprint density at radius 2 is 1.57 bits per heavy atom. The van der Waals surface area contributed by atoms with Gasteiger partial charge in [-0.3, -0.25) is 0 Å². The van der Waals surface area contributed by atoms with Crippen molar-refractivity contribution in [3.8, 4) is 5.75 Å². The molecule has 0 atom stereocenters. The van der Waals surface area contributed by atoms with E-state index >= 15 is 0 Å². The molecule has 0 fully saturated rings. The van der Waals surface area contributed by atoms with E-state index in [2.05, 4.69) is 0 Å². The van der Waals surface area contributed by atoms with E-state index in [0.29, 0.717) is 5.75 Å². The van der Waals surface area contributed by atoms with Gasteiger partial charge in [0.05, 0.1) is 11.0 Å². The van der Waals surface area contributed by atoms with Gasteiger partial charge in [-0.05, 0) is 24.3 Å². The molecule has 68 valence electrons. The number of hydrogen-bond donors (Lipinski definition) is 1. The Kier molecular flexibility index (Phi) is 1.34. The molecule has 0 aliphatic carbocycles. The summed E-state index contributed by atoms with van der Waals surface area (Å²) in [4.78, 5) is 0. The van der Waals surface area contributed by atoms with Gasteiger partial charge in [0, 0.05) is 11.6 Å². The van der Waals surface area contributed by atoms with E-state index in [1.54, 1.807) is 0 Å². The summed E-state index contributed by atoms with van der Waals surface area (Å²) in [5.41, 5.74) is 1.90. The van der Waals surface area contributed by atoms with Crippen molar-refractivity contribution < 1.29 is 5.11 Å². The third-order valence-corrected chi connectivity index (χ3v) is 2.52. The molecule has 0 aliphatic rings. The van der Waals surface area contributed by atoms with Crippen molar-refractivity contribution in [2.45, 2.75) is 0 Å². The number of fused-ring (bicyclic) bond motifs is 3. The van der Waals surface area contributed by atoms with Crippen molar-refractivity contribution in [2.75, 3.05) is 0 Å². The van der Waals surface area contributed by atoms with Crippen molar-refractivity contribution in [1.82, 2.24) is 4.40 Å². The first-order chi connectivity index (χ1) is 6.88. The molecule has 0 spiro atoms. The minimum absolute atomic E-state index is 0.362. The van der Waals surface area contributed by atoms with Crippen LogP contribution < -0.4 is 0 Å². The molecule has 2 nitrogen and oxygen atoms in total. The van der Waals surface area contributed by atoms with Gasteiger partial charge in [0.2, 0.25) is 0 Å². The summed E-state index contributed by atoms with van der Waals surface area (Å²) in [6.45, 7) is 0. The van der Waals surface area contributed by atoms with E-state index in [9.17, 15) is 5.11 Å². The van der Waals surface area contributed by atoms with E-state index in [4.69, 9.17) is 0 Å². The Morgan fingerprint density at radius 1 is 0.857 bits per heavy atom. The van der Waals surface area contributed by atoms with Crippen LogP contribution in [-0.2, 0) is 0 Å². The predicted octanol–water partition coefficient (Wildman–Crippen LogP) is 2.80. The Hall–Kier alpha value is -1.96. The molecule has 0 unspecified atom stereocenters.